The summed E-state index contributed by atoms with van der Waals surface area (Å²) in [7, 11) is 0. The number of carbonyl (C=O) groups is 1. The van der Waals surface area contributed by atoms with E-state index in [9.17, 15) is 9.90 Å². The third kappa shape index (κ3) is 3.45. The molecule has 2 rings (SSSR count). The fourth-order valence-electron chi connectivity index (χ4n) is 2.75. The number of aliphatic carboxylic acids is 1. The lowest BCUT2D eigenvalue weighted by atomic mass is 9.97. The van der Waals surface area contributed by atoms with Crippen LogP contribution in [0, 0.1) is 5.92 Å². The molecule has 0 aromatic heterocycles. The summed E-state index contributed by atoms with van der Waals surface area (Å²) in [6.07, 6.45) is 7.12. The number of carboxylic acids is 1. The molecule has 0 aliphatic heterocycles. The van der Waals surface area contributed by atoms with Gasteiger partial charge in [-0.3, -0.25) is 4.79 Å². The second-order valence-corrected chi connectivity index (χ2v) is 5.78. The fraction of sp³-hybridized carbons (Fsp3) is 0.929. The molecule has 18 heavy (non-hydrogen) atoms. The highest BCUT2D eigenvalue weighted by Gasteiger charge is 2.45. The first-order valence-electron chi connectivity index (χ1n) is 7.26. The highest BCUT2D eigenvalue weighted by Crippen LogP contribution is 2.35. The summed E-state index contributed by atoms with van der Waals surface area (Å²) in [4.78, 5) is 11.4. The molecule has 0 amide bonds. The summed E-state index contributed by atoms with van der Waals surface area (Å²) in [5, 5.41) is 12.6. The second-order valence-electron chi connectivity index (χ2n) is 5.78. The zero-order valence-electron chi connectivity index (χ0n) is 11.3. The van der Waals surface area contributed by atoms with Gasteiger partial charge in [0, 0.05) is 13.0 Å². The lowest BCUT2D eigenvalue weighted by molar-refractivity contribution is -0.145. The van der Waals surface area contributed by atoms with Gasteiger partial charge < -0.3 is 15.2 Å². The van der Waals surface area contributed by atoms with E-state index < -0.39 is 11.5 Å². The maximum Gasteiger partial charge on any atom is 0.323 e. The molecule has 2 aliphatic rings. The fourth-order valence-corrected chi connectivity index (χ4v) is 2.75. The average molecular weight is 255 g/mol. The third-order valence-corrected chi connectivity index (χ3v) is 4.17. The first-order chi connectivity index (χ1) is 8.66. The van der Waals surface area contributed by atoms with E-state index in [0.29, 0.717) is 12.8 Å². The quantitative estimate of drug-likeness (QED) is 0.698. The molecular formula is C14H25NO3. The number of hydrogen-bond donors (Lipinski definition) is 2. The maximum absolute atomic E-state index is 11.4. The van der Waals surface area contributed by atoms with Gasteiger partial charge in [0.1, 0.15) is 5.54 Å². The highest BCUT2D eigenvalue weighted by atomic mass is 16.5. The van der Waals surface area contributed by atoms with E-state index in [2.05, 4.69) is 12.2 Å². The molecule has 0 bridgehead atoms. The minimum atomic E-state index is -0.736. The molecule has 0 radical (unpaired) electrons. The molecule has 0 saturated heterocycles. The van der Waals surface area contributed by atoms with E-state index in [1.165, 1.54) is 12.8 Å². The summed E-state index contributed by atoms with van der Waals surface area (Å²) in [5.41, 5.74) is -0.736. The molecule has 2 fully saturated rings. The standard InChI is InChI=1S/C14H25NO3/c1-2-8-15-14(13(16)17)7-5-12(10-14)18-9-6-11-3-4-11/h11-12,15H,2-10H2,1H3,(H,16,17). The van der Waals surface area contributed by atoms with E-state index in [4.69, 9.17) is 4.74 Å². The van der Waals surface area contributed by atoms with Crippen LogP contribution in [0.3, 0.4) is 0 Å². The summed E-state index contributed by atoms with van der Waals surface area (Å²) in [6, 6.07) is 0. The number of ether oxygens (including phenoxy) is 1. The highest BCUT2D eigenvalue weighted by molar-refractivity contribution is 5.79. The molecular weight excluding hydrogens is 230 g/mol. The molecule has 2 unspecified atom stereocenters. The molecule has 0 aromatic carbocycles. The number of nitrogens with one attached hydrogen (secondary N) is 1. The first kappa shape index (κ1) is 13.8. The van der Waals surface area contributed by atoms with E-state index in [0.717, 1.165) is 38.3 Å². The van der Waals surface area contributed by atoms with Gasteiger partial charge in [0.25, 0.3) is 0 Å². The van der Waals surface area contributed by atoms with Gasteiger partial charge in [0.15, 0.2) is 0 Å². The number of rotatable bonds is 8. The van der Waals surface area contributed by atoms with Crippen molar-refractivity contribution < 1.29 is 14.6 Å². The Morgan fingerprint density at radius 3 is 2.83 bits per heavy atom. The number of carboxylic acid groups (broad SMARTS) is 1. The Morgan fingerprint density at radius 2 is 2.22 bits per heavy atom. The van der Waals surface area contributed by atoms with Crippen LogP contribution in [0.15, 0.2) is 0 Å². The van der Waals surface area contributed by atoms with Gasteiger partial charge in [-0.05, 0) is 38.1 Å². The minimum absolute atomic E-state index is 0.129. The average Bonchev–Trinajstić information content (AvgIpc) is 3.06. The van der Waals surface area contributed by atoms with Crippen LogP contribution < -0.4 is 5.32 Å². The molecule has 2 N–H and O–H groups in total. The Labute approximate surface area is 109 Å². The topological polar surface area (TPSA) is 58.6 Å². The Morgan fingerprint density at radius 1 is 1.44 bits per heavy atom. The van der Waals surface area contributed by atoms with Crippen LogP contribution in [0.5, 0.6) is 0 Å². The predicted molar refractivity (Wildman–Crippen MR) is 69.6 cm³/mol. The lowest BCUT2D eigenvalue weighted by Crippen LogP contribution is -2.50. The maximum atomic E-state index is 11.4. The normalized spacial score (nSPS) is 31.7. The summed E-state index contributed by atoms with van der Waals surface area (Å²) < 4.78 is 5.84. The van der Waals surface area contributed by atoms with Crippen LogP contribution in [-0.2, 0) is 9.53 Å². The monoisotopic (exact) mass is 255 g/mol. The first-order valence-corrected chi connectivity index (χ1v) is 7.26. The summed E-state index contributed by atoms with van der Waals surface area (Å²) in [5.74, 6) is 0.165. The van der Waals surface area contributed by atoms with Gasteiger partial charge in [-0.25, -0.2) is 0 Å². The van der Waals surface area contributed by atoms with Crippen LogP contribution in [0.2, 0.25) is 0 Å². The minimum Gasteiger partial charge on any atom is -0.480 e. The van der Waals surface area contributed by atoms with Crippen LogP contribution in [-0.4, -0.2) is 35.9 Å². The predicted octanol–water partition coefficient (Wildman–Crippen LogP) is 2.18. The molecule has 104 valence electrons. The Hall–Kier alpha value is -0.610. The van der Waals surface area contributed by atoms with Crippen molar-refractivity contribution >= 4 is 5.97 Å². The van der Waals surface area contributed by atoms with Gasteiger partial charge >= 0.3 is 5.97 Å². The lowest BCUT2D eigenvalue weighted by Gasteiger charge is -2.25. The Kier molecular flexibility index (Phi) is 4.62. The Bertz CT molecular complexity index is 291. The van der Waals surface area contributed by atoms with Crippen LogP contribution in [0.1, 0.15) is 51.9 Å². The molecule has 2 aliphatic carbocycles. The van der Waals surface area contributed by atoms with Crippen LogP contribution in [0.25, 0.3) is 0 Å². The molecule has 0 spiro atoms. The van der Waals surface area contributed by atoms with Gasteiger partial charge in [-0.2, -0.15) is 0 Å². The smallest absolute Gasteiger partial charge is 0.323 e. The van der Waals surface area contributed by atoms with Crippen molar-refractivity contribution in [3.05, 3.63) is 0 Å². The molecule has 2 saturated carbocycles. The second kappa shape index (κ2) is 6.02. The largest absolute Gasteiger partial charge is 0.480 e. The van der Waals surface area contributed by atoms with Crippen molar-refractivity contribution in [1.82, 2.24) is 5.32 Å². The van der Waals surface area contributed by atoms with E-state index >= 15 is 0 Å². The van der Waals surface area contributed by atoms with Crippen molar-refractivity contribution in [2.45, 2.75) is 63.5 Å². The molecule has 4 heteroatoms. The van der Waals surface area contributed by atoms with Crippen molar-refractivity contribution in [2.24, 2.45) is 5.92 Å². The van der Waals surface area contributed by atoms with Gasteiger partial charge in [0.2, 0.25) is 0 Å². The molecule has 0 aromatic rings. The SMILES string of the molecule is CCCNC1(C(=O)O)CCC(OCCC2CC2)C1. The van der Waals surface area contributed by atoms with E-state index in [1.807, 2.05) is 0 Å². The molecule has 4 nitrogen and oxygen atoms in total. The van der Waals surface area contributed by atoms with Crippen molar-refractivity contribution in [3.63, 3.8) is 0 Å². The van der Waals surface area contributed by atoms with Crippen molar-refractivity contribution in [1.29, 1.82) is 0 Å². The summed E-state index contributed by atoms with van der Waals surface area (Å²) >= 11 is 0. The van der Waals surface area contributed by atoms with Crippen LogP contribution >= 0.6 is 0 Å². The van der Waals surface area contributed by atoms with Gasteiger partial charge in [-0.15, -0.1) is 0 Å². The van der Waals surface area contributed by atoms with Crippen molar-refractivity contribution in [3.8, 4) is 0 Å². The van der Waals surface area contributed by atoms with E-state index in [-0.39, 0.29) is 6.10 Å². The zero-order valence-corrected chi connectivity index (χ0v) is 11.3. The number of hydrogen-bond acceptors (Lipinski definition) is 3. The van der Waals surface area contributed by atoms with Crippen LogP contribution in [0.4, 0.5) is 0 Å². The van der Waals surface area contributed by atoms with Crippen molar-refractivity contribution in [2.75, 3.05) is 13.2 Å². The molecule has 2 atom stereocenters. The summed E-state index contributed by atoms with van der Waals surface area (Å²) in [6.45, 7) is 3.63. The molecule has 0 heterocycles. The zero-order chi connectivity index (χ0) is 13.0. The van der Waals surface area contributed by atoms with E-state index in [1.54, 1.807) is 0 Å². The van der Waals surface area contributed by atoms with Gasteiger partial charge in [0.05, 0.1) is 6.10 Å². The Balaban J connectivity index is 1.76. The third-order valence-electron chi connectivity index (χ3n) is 4.17. The van der Waals surface area contributed by atoms with Gasteiger partial charge in [-0.1, -0.05) is 19.8 Å².